The van der Waals surface area contributed by atoms with Gasteiger partial charge in [-0.2, -0.15) is 4.31 Å². The number of hydrogen-bond acceptors (Lipinski definition) is 4. The third kappa shape index (κ3) is 3.04. The summed E-state index contributed by atoms with van der Waals surface area (Å²) in [6.07, 6.45) is 7.70. The molecule has 0 spiro atoms. The van der Waals surface area contributed by atoms with Crippen LogP contribution in [0.3, 0.4) is 0 Å². The lowest BCUT2D eigenvalue weighted by molar-refractivity contribution is 0.289. The molecule has 0 radical (unpaired) electrons. The Morgan fingerprint density at radius 2 is 1.95 bits per heavy atom. The van der Waals surface area contributed by atoms with Crippen molar-refractivity contribution in [3.8, 4) is 0 Å². The van der Waals surface area contributed by atoms with Crippen molar-refractivity contribution in [1.29, 1.82) is 0 Å². The third-order valence-corrected chi connectivity index (χ3v) is 8.32. The highest BCUT2D eigenvalue weighted by molar-refractivity contribution is 7.91. The maximum Gasteiger partial charge on any atom is 0.252 e. The summed E-state index contributed by atoms with van der Waals surface area (Å²) < 4.78 is 28.1. The first-order chi connectivity index (χ1) is 10.1. The monoisotopic (exact) mass is 328 g/mol. The SMILES string of the molecule is NCCc1ccc(S(=O)(=O)N2CCCC2C2CCCC2)s1. The smallest absolute Gasteiger partial charge is 0.252 e. The van der Waals surface area contributed by atoms with Gasteiger partial charge in [0.15, 0.2) is 0 Å². The molecule has 0 amide bonds. The van der Waals surface area contributed by atoms with Gasteiger partial charge in [-0.05, 0) is 56.7 Å². The fraction of sp³-hybridized carbons (Fsp3) is 0.733. The fourth-order valence-electron chi connectivity index (χ4n) is 3.77. The molecule has 1 saturated carbocycles. The van der Waals surface area contributed by atoms with Crippen LogP contribution < -0.4 is 5.73 Å². The summed E-state index contributed by atoms with van der Waals surface area (Å²) in [5.74, 6) is 0.575. The summed E-state index contributed by atoms with van der Waals surface area (Å²) in [7, 11) is -3.31. The van der Waals surface area contributed by atoms with E-state index in [4.69, 9.17) is 5.73 Å². The van der Waals surface area contributed by atoms with Crippen LogP contribution in [0.1, 0.15) is 43.4 Å². The van der Waals surface area contributed by atoms with Gasteiger partial charge in [0.25, 0.3) is 10.0 Å². The molecule has 1 aliphatic carbocycles. The summed E-state index contributed by atoms with van der Waals surface area (Å²) >= 11 is 1.39. The van der Waals surface area contributed by atoms with E-state index >= 15 is 0 Å². The van der Waals surface area contributed by atoms with Crippen LogP contribution in [0, 0.1) is 5.92 Å². The summed E-state index contributed by atoms with van der Waals surface area (Å²) in [5, 5.41) is 0. The van der Waals surface area contributed by atoms with E-state index in [1.807, 2.05) is 6.07 Å². The molecule has 0 aromatic carbocycles. The van der Waals surface area contributed by atoms with Crippen LogP contribution in [0.25, 0.3) is 0 Å². The normalized spacial score (nSPS) is 24.9. The Kier molecular flexibility index (Phi) is 4.69. The van der Waals surface area contributed by atoms with Gasteiger partial charge in [0, 0.05) is 17.5 Å². The summed E-state index contributed by atoms with van der Waals surface area (Å²) in [5.41, 5.74) is 5.55. The highest BCUT2D eigenvalue weighted by atomic mass is 32.2. The van der Waals surface area contributed by atoms with Gasteiger partial charge in [-0.1, -0.05) is 12.8 Å². The zero-order valence-corrected chi connectivity index (χ0v) is 14.0. The lowest BCUT2D eigenvalue weighted by Gasteiger charge is -2.28. The van der Waals surface area contributed by atoms with Crippen molar-refractivity contribution in [1.82, 2.24) is 4.31 Å². The van der Waals surface area contributed by atoms with Gasteiger partial charge in [0.1, 0.15) is 4.21 Å². The number of rotatable bonds is 5. The zero-order chi connectivity index (χ0) is 14.9. The largest absolute Gasteiger partial charge is 0.330 e. The Balaban J connectivity index is 1.82. The number of hydrogen-bond donors (Lipinski definition) is 1. The third-order valence-electron chi connectivity index (χ3n) is 4.78. The van der Waals surface area contributed by atoms with E-state index < -0.39 is 10.0 Å². The molecular formula is C15H24N2O2S2. The molecule has 21 heavy (non-hydrogen) atoms. The Bertz CT molecular complexity index is 576. The van der Waals surface area contributed by atoms with E-state index in [9.17, 15) is 8.42 Å². The van der Waals surface area contributed by atoms with E-state index in [0.717, 1.165) is 24.1 Å². The second-order valence-corrected chi connectivity index (χ2v) is 9.42. The standard InChI is InChI=1S/C15H24N2O2S2/c16-10-9-13-7-8-15(20-13)21(18,19)17-11-3-6-14(17)12-4-1-2-5-12/h7-8,12,14H,1-6,9-11,16H2. The van der Waals surface area contributed by atoms with E-state index in [1.54, 1.807) is 10.4 Å². The molecule has 1 saturated heterocycles. The minimum absolute atomic E-state index is 0.234. The van der Waals surface area contributed by atoms with Gasteiger partial charge in [0.05, 0.1) is 0 Å². The van der Waals surface area contributed by atoms with Crippen molar-refractivity contribution in [3.05, 3.63) is 17.0 Å². The van der Waals surface area contributed by atoms with E-state index in [2.05, 4.69) is 0 Å². The molecule has 118 valence electrons. The van der Waals surface area contributed by atoms with Gasteiger partial charge in [-0.15, -0.1) is 11.3 Å². The van der Waals surface area contributed by atoms with Gasteiger partial charge >= 0.3 is 0 Å². The molecule has 2 N–H and O–H groups in total. The molecular weight excluding hydrogens is 304 g/mol. The van der Waals surface area contributed by atoms with Crippen molar-refractivity contribution < 1.29 is 8.42 Å². The molecule has 0 bridgehead atoms. The van der Waals surface area contributed by atoms with Crippen molar-refractivity contribution in [2.24, 2.45) is 11.7 Å². The molecule has 2 heterocycles. The van der Waals surface area contributed by atoms with Gasteiger partial charge in [-0.3, -0.25) is 0 Å². The Morgan fingerprint density at radius 3 is 2.67 bits per heavy atom. The summed E-state index contributed by atoms with van der Waals surface area (Å²) in [4.78, 5) is 1.06. The molecule has 3 rings (SSSR count). The number of sulfonamides is 1. The van der Waals surface area contributed by atoms with E-state index in [1.165, 1.54) is 37.0 Å². The van der Waals surface area contributed by atoms with Gasteiger partial charge in [-0.25, -0.2) is 8.42 Å². The van der Waals surface area contributed by atoms with E-state index in [-0.39, 0.29) is 6.04 Å². The van der Waals surface area contributed by atoms with E-state index in [0.29, 0.717) is 23.2 Å². The second kappa shape index (κ2) is 6.36. The molecule has 1 aromatic heterocycles. The maximum atomic E-state index is 12.9. The lowest BCUT2D eigenvalue weighted by Crippen LogP contribution is -2.39. The Hall–Kier alpha value is -0.430. The minimum atomic E-state index is -3.31. The molecule has 2 fully saturated rings. The van der Waals surface area contributed by atoms with Crippen LogP contribution in [0.5, 0.6) is 0 Å². The maximum absolute atomic E-state index is 12.9. The molecule has 6 heteroatoms. The Morgan fingerprint density at radius 1 is 1.19 bits per heavy atom. The molecule has 2 aliphatic rings. The lowest BCUT2D eigenvalue weighted by atomic mass is 9.97. The fourth-order valence-corrected chi connectivity index (χ4v) is 7.02. The zero-order valence-electron chi connectivity index (χ0n) is 12.3. The first-order valence-electron chi connectivity index (χ1n) is 7.93. The highest BCUT2D eigenvalue weighted by Crippen LogP contribution is 2.39. The predicted molar refractivity (Wildman–Crippen MR) is 85.9 cm³/mol. The van der Waals surface area contributed by atoms with Crippen LogP contribution in [-0.2, 0) is 16.4 Å². The van der Waals surface area contributed by atoms with Crippen LogP contribution in [0.4, 0.5) is 0 Å². The summed E-state index contributed by atoms with van der Waals surface area (Å²) in [6.45, 7) is 1.25. The van der Waals surface area contributed by atoms with Gasteiger partial charge in [0.2, 0.25) is 0 Å². The average molecular weight is 329 g/mol. The van der Waals surface area contributed by atoms with Crippen LogP contribution in [0.15, 0.2) is 16.3 Å². The van der Waals surface area contributed by atoms with Crippen LogP contribution >= 0.6 is 11.3 Å². The second-order valence-electron chi connectivity index (χ2n) is 6.13. The van der Waals surface area contributed by atoms with Crippen molar-refractivity contribution in [2.75, 3.05) is 13.1 Å². The Labute approximate surface area is 131 Å². The molecule has 4 nitrogen and oxygen atoms in total. The minimum Gasteiger partial charge on any atom is -0.330 e. The number of nitrogens with two attached hydrogens (primary N) is 1. The molecule has 1 aromatic rings. The van der Waals surface area contributed by atoms with Crippen molar-refractivity contribution in [2.45, 2.75) is 55.2 Å². The van der Waals surface area contributed by atoms with Crippen LogP contribution in [-0.4, -0.2) is 31.9 Å². The molecule has 1 atom stereocenters. The predicted octanol–water partition coefficient (Wildman–Crippen LogP) is 2.59. The van der Waals surface area contributed by atoms with Crippen molar-refractivity contribution >= 4 is 21.4 Å². The first kappa shape index (κ1) is 15.5. The summed E-state index contributed by atoms with van der Waals surface area (Å²) in [6, 6.07) is 3.90. The number of thiophene rings is 1. The quantitative estimate of drug-likeness (QED) is 0.903. The topological polar surface area (TPSA) is 63.4 Å². The molecule has 1 aliphatic heterocycles. The highest BCUT2D eigenvalue weighted by Gasteiger charge is 2.40. The average Bonchev–Trinajstić information content (AvgIpc) is 3.20. The van der Waals surface area contributed by atoms with Gasteiger partial charge < -0.3 is 5.73 Å². The van der Waals surface area contributed by atoms with Crippen LogP contribution in [0.2, 0.25) is 0 Å². The first-order valence-corrected chi connectivity index (χ1v) is 10.2. The molecule has 1 unspecified atom stereocenters. The number of nitrogens with zero attached hydrogens (tertiary/aromatic N) is 1. The van der Waals surface area contributed by atoms with Crippen molar-refractivity contribution in [3.63, 3.8) is 0 Å².